The summed E-state index contributed by atoms with van der Waals surface area (Å²) in [4.78, 5) is 16.6. The van der Waals surface area contributed by atoms with Crippen LogP contribution in [-0.4, -0.2) is 27.3 Å². The van der Waals surface area contributed by atoms with Gasteiger partial charge < -0.3 is 10.1 Å². The molecule has 0 bridgehead atoms. The van der Waals surface area contributed by atoms with Crippen LogP contribution in [0.1, 0.15) is 23.0 Å². The zero-order valence-corrected chi connectivity index (χ0v) is 13.6. The molecule has 0 aliphatic carbocycles. The number of nitrogens with zero attached hydrogens (tertiary/aromatic N) is 3. The summed E-state index contributed by atoms with van der Waals surface area (Å²) in [5.74, 6) is -0.802. The molecule has 3 rings (SSSR count). The summed E-state index contributed by atoms with van der Waals surface area (Å²) < 4.78 is 19.9. The SMILES string of the molecule is CCOC(=O)c1cnc2c(c(C)nn2C)c1Nc1ccc(F)cc1. The van der Waals surface area contributed by atoms with Gasteiger partial charge in [-0.1, -0.05) is 0 Å². The molecule has 3 aromatic rings. The van der Waals surface area contributed by atoms with Crippen molar-refractivity contribution in [3.8, 4) is 0 Å². The highest BCUT2D eigenvalue weighted by Gasteiger charge is 2.20. The van der Waals surface area contributed by atoms with Crippen molar-refractivity contribution in [2.45, 2.75) is 13.8 Å². The lowest BCUT2D eigenvalue weighted by Crippen LogP contribution is -2.09. The first-order valence-electron chi connectivity index (χ1n) is 7.53. The van der Waals surface area contributed by atoms with Gasteiger partial charge in [0.25, 0.3) is 0 Å². The van der Waals surface area contributed by atoms with Crippen molar-refractivity contribution in [2.75, 3.05) is 11.9 Å². The molecule has 124 valence electrons. The second kappa shape index (κ2) is 6.27. The van der Waals surface area contributed by atoms with Gasteiger partial charge in [0, 0.05) is 18.9 Å². The van der Waals surface area contributed by atoms with E-state index in [1.54, 1.807) is 30.8 Å². The number of aromatic nitrogens is 3. The minimum Gasteiger partial charge on any atom is -0.462 e. The van der Waals surface area contributed by atoms with Gasteiger partial charge in [-0.3, -0.25) is 4.68 Å². The lowest BCUT2D eigenvalue weighted by atomic mass is 10.1. The molecule has 1 N–H and O–H groups in total. The van der Waals surface area contributed by atoms with Gasteiger partial charge in [-0.2, -0.15) is 5.10 Å². The van der Waals surface area contributed by atoms with E-state index in [-0.39, 0.29) is 12.4 Å². The first-order chi connectivity index (χ1) is 11.5. The zero-order chi connectivity index (χ0) is 17.3. The predicted octanol–water partition coefficient (Wildman–Crippen LogP) is 3.34. The molecule has 0 atom stereocenters. The second-order valence-corrected chi connectivity index (χ2v) is 5.31. The van der Waals surface area contributed by atoms with E-state index in [1.807, 2.05) is 6.92 Å². The fraction of sp³-hybridized carbons (Fsp3) is 0.235. The number of benzene rings is 1. The van der Waals surface area contributed by atoms with Crippen molar-refractivity contribution in [1.29, 1.82) is 0 Å². The summed E-state index contributed by atoms with van der Waals surface area (Å²) >= 11 is 0. The predicted molar refractivity (Wildman–Crippen MR) is 88.9 cm³/mol. The molecule has 0 radical (unpaired) electrons. The van der Waals surface area contributed by atoms with Gasteiger partial charge in [0.05, 0.1) is 23.4 Å². The Balaban J connectivity index is 2.18. The number of anilines is 2. The largest absolute Gasteiger partial charge is 0.462 e. The number of pyridine rings is 1. The molecule has 7 heteroatoms. The van der Waals surface area contributed by atoms with Crippen LogP contribution in [0.4, 0.5) is 15.8 Å². The highest BCUT2D eigenvalue weighted by atomic mass is 19.1. The molecular weight excluding hydrogens is 311 g/mol. The van der Waals surface area contributed by atoms with E-state index < -0.39 is 5.97 Å². The Hall–Kier alpha value is -2.96. The fourth-order valence-corrected chi connectivity index (χ4v) is 2.58. The average molecular weight is 328 g/mol. The molecule has 6 nitrogen and oxygen atoms in total. The topological polar surface area (TPSA) is 69.0 Å². The number of carbonyl (C=O) groups excluding carboxylic acids is 1. The monoisotopic (exact) mass is 328 g/mol. The molecule has 0 spiro atoms. The number of ether oxygens (including phenoxy) is 1. The van der Waals surface area contributed by atoms with Crippen molar-refractivity contribution in [2.24, 2.45) is 7.05 Å². The quantitative estimate of drug-likeness (QED) is 0.744. The molecule has 2 heterocycles. The van der Waals surface area contributed by atoms with Gasteiger partial charge in [0.2, 0.25) is 0 Å². The maximum atomic E-state index is 13.1. The Bertz CT molecular complexity index is 903. The molecule has 24 heavy (non-hydrogen) atoms. The van der Waals surface area contributed by atoms with E-state index in [0.29, 0.717) is 22.6 Å². The molecule has 1 aromatic carbocycles. The van der Waals surface area contributed by atoms with Crippen molar-refractivity contribution in [1.82, 2.24) is 14.8 Å². The summed E-state index contributed by atoms with van der Waals surface area (Å²) in [5, 5.41) is 8.26. The summed E-state index contributed by atoms with van der Waals surface area (Å²) in [6.07, 6.45) is 1.47. The van der Waals surface area contributed by atoms with E-state index in [2.05, 4.69) is 15.4 Å². The molecule has 0 aliphatic heterocycles. The summed E-state index contributed by atoms with van der Waals surface area (Å²) in [6.45, 7) is 3.85. The molecule has 0 saturated carbocycles. The van der Waals surface area contributed by atoms with E-state index in [9.17, 15) is 9.18 Å². The fourth-order valence-electron chi connectivity index (χ4n) is 2.58. The molecule has 0 unspecified atom stereocenters. The van der Waals surface area contributed by atoms with Crippen molar-refractivity contribution >= 4 is 28.4 Å². The third kappa shape index (κ3) is 2.80. The van der Waals surface area contributed by atoms with Crippen LogP contribution < -0.4 is 5.32 Å². The number of aryl methyl sites for hydroxylation is 2. The Morgan fingerprint density at radius 3 is 2.71 bits per heavy atom. The first-order valence-corrected chi connectivity index (χ1v) is 7.53. The van der Waals surface area contributed by atoms with Gasteiger partial charge >= 0.3 is 5.97 Å². The van der Waals surface area contributed by atoms with Gasteiger partial charge in [0.1, 0.15) is 11.4 Å². The van der Waals surface area contributed by atoms with Gasteiger partial charge in [-0.15, -0.1) is 0 Å². The summed E-state index contributed by atoms with van der Waals surface area (Å²) in [5.41, 5.74) is 2.89. The van der Waals surface area contributed by atoms with Crippen LogP contribution in [0.25, 0.3) is 11.0 Å². The molecule has 0 amide bonds. The Kier molecular flexibility index (Phi) is 4.16. The lowest BCUT2D eigenvalue weighted by molar-refractivity contribution is 0.0527. The molecule has 0 fully saturated rings. The van der Waals surface area contributed by atoms with Crippen LogP contribution in [0.5, 0.6) is 0 Å². The number of halogens is 1. The van der Waals surface area contributed by atoms with Crippen LogP contribution in [-0.2, 0) is 11.8 Å². The summed E-state index contributed by atoms with van der Waals surface area (Å²) in [6, 6.07) is 5.90. The highest BCUT2D eigenvalue weighted by molar-refractivity contribution is 6.06. The Morgan fingerprint density at radius 1 is 1.33 bits per heavy atom. The Morgan fingerprint density at radius 2 is 2.04 bits per heavy atom. The minimum absolute atomic E-state index is 0.263. The van der Waals surface area contributed by atoms with Crippen LogP contribution >= 0.6 is 0 Å². The van der Waals surface area contributed by atoms with E-state index in [4.69, 9.17) is 4.74 Å². The van der Waals surface area contributed by atoms with Gasteiger partial charge in [-0.05, 0) is 38.1 Å². The number of hydrogen-bond acceptors (Lipinski definition) is 5. The summed E-state index contributed by atoms with van der Waals surface area (Å²) in [7, 11) is 1.79. The van der Waals surface area contributed by atoms with Crippen molar-refractivity contribution < 1.29 is 13.9 Å². The maximum Gasteiger partial charge on any atom is 0.341 e. The highest BCUT2D eigenvalue weighted by Crippen LogP contribution is 2.31. The number of esters is 1. The second-order valence-electron chi connectivity index (χ2n) is 5.31. The number of nitrogens with one attached hydrogen (secondary N) is 1. The molecular formula is C17H17FN4O2. The number of hydrogen-bond donors (Lipinski definition) is 1. The molecule has 0 saturated heterocycles. The third-order valence-electron chi connectivity index (χ3n) is 3.64. The third-order valence-corrected chi connectivity index (χ3v) is 3.64. The van der Waals surface area contributed by atoms with Crippen molar-refractivity contribution in [3.05, 3.63) is 47.5 Å². The number of rotatable bonds is 4. The minimum atomic E-state index is -0.472. The average Bonchev–Trinajstić information content (AvgIpc) is 2.85. The van der Waals surface area contributed by atoms with Gasteiger partial charge in [0.15, 0.2) is 5.65 Å². The smallest absolute Gasteiger partial charge is 0.341 e. The maximum absolute atomic E-state index is 13.1. The standard InChI is InChI=1S/C17H17FN4O2/c1-4-24-17(23)13-9-19-16-14(10(2)21-22(16)3)15(13)20-12-7-5-11(18)6-8-12/h5-9H,4H2,1-3H3,(H,19,20). The van der Waals surface area contributed by atoms with Gasteiger partial charge in [-0.25, -0.2) is 14.2 Å². The van der Waals surface area contributed by atoms with Crippen LogP contribution in [0.2, 0.25) is 0 Å². The normalized spacial score (nSPS) is 10.8. The van der Waals surface area contributed by atoms with E-state index in [1.165, 1.54) is 18.3 Å². The number of fused-ring (bicyclic) bond motifs is 1. The zero-order valence-electron chi connectivity index (χ0n) is 13.6. The molecule has 2 aromatic heterocycles. The number of carbonyl (C=O) groups is 1. The van der Waals surface area contributed by atoms with Crippen LogP contribution in [0.3, 0.4) is 0 Å². The van der Waals surface area contributed by atoms with Crippen LogP contribution in [0, 0.1) is 12.7 Å². The lowest BCUT2D eigenvalue weighted by Gasteiger charge is -2.13. The Labute approximate surface area is 138 Å². The van der Waals surface area contributed by atoms with Crippen LogP contribution in [0.15, 0.2) is 30.5 Å². The van der Waals surface area contributed by atoms with E-state index in [0.717, 1.165) is 11.1 Å². The van der Waals surface area contributed by atoms with Crippen molar-refractivity contribution in [3.63, 3.8) is 0 Å². The van der Waals surface area contributed by atoms with E-state index >= 15 is 0 Å². The molecule has 0 aliphatic rings. The first kappa shape index (κ1) is 15.9.